The number of ether oxygens (including phenoxy) is 5. The number of alkyl halides is 3. The summed E-state index contributed by atoms with van der Waals surface area (Å²) in [6, 6.07) is 21.8. The van der Waals surface area contributed by atoms with E-state index in [4.69, 9.17) is 35.3 Å². The number of thiophene rings is 1. The van der Waals surface area contributed by atoms with Gasteiger partial charge in [0, 0.05) is 71.6 Å². The Labute approximate surface area is 389 Å². The molecule has 4 heterocycles. The molecule has 67 heavy (non-hydrogen) atoms. The summed E-state index contributed by atoms with van der Waals surface area (Å²) >= 11 is 8.32. The van der Waals surface area contributed by atoms with Crippen molar-refractivity contribution in [3.8, 4) is 40.3 Å². The Balaban J connectivity index is 1.08. The number of nitrogens with zero attached hydrogens (tertiary/aromatic N) is 6. The van der Waals surface area contributed by atoms with Gasteiger partial charge in [0.15, 0.2) is 24.0 Å². The maximum absolute atomic E-state index is 15.7. The van der Waals surface area contributed by atoms with Gasteiger partial charge in [-0.1, -0.05) is 41.9 Å². The monoisotopic (exact) mass is 956 g/mol. The fraction of sp³-hybridized carbons (Fsp3) is 0.271. The molecule has 0 spiro atoms. The van der Waals surface area contributed by atoms with Gasteiger partial charge in [-0.25, -0.2) is 29.1 Å². The topological polar surface area (TPSA) is 141 Å². The highest BCUT2D eigenvalue weighted by molar-refractivity contribution is 7.26. The van der Waals surface area contributed by atoms with Crippen LogP contribution in [-0.2, 0) is 17.8 Å². The van der Waals surface area contributed by atoms with Crippen LogP contribution in [0.25, 0.3) is 53.2 Å². The molecule has 0 radical (unpaired) electrons. The number of piperazine rings is 1. The highest BCUT2D eigenvalue weighted by Gasteiger charge is 2.32. The van der Waals surface area contributed by atoms with E-state index < -0.39 is 36.4 Å². The van der Waals surface area contributed by atoms with E-state index in [1.165, 1.54) is 12.4 Å². The molecule has 1 aliphatic heterocycles. The van der Waals surface area contributed by atoms with Crippen LogP contribution in [0, 0.1) is 5.82 Å². The summed E-state index contributed by atoms with van der Waals surface area (Å²) in [5.74, 6) is -1.36. The van der Waals surface area contributed by atoms with Gasteiger partial charge in [-0.2, -0.15) is 13.2 Å². The van der Waals surface area contributed by atoms with Crippen molar-refractivity contribution in [2.45, 2.75) is 25.3 Å². The van der Waals surface area contributed by atoms with Gasteiger partial charge in [0.05, 0.1) is 28.8 Å². The quantitative estimate of drug-likeness (QED) is 0.0727. The number of aromatic nitrogens is 4. The van der Waals surface area contributed by atoms with Crippen LogP contribution in [-0.4, -0.2) is 113 Å². The van der Waals surface area contributed by atoms with Crippen LogP contribution in [0.15, 0.2) is 91.4 Å². The molecule has 0 amide bonds. The number of carbonyl (C=O) groups is 1. The predicted molar refractivity (Wildman–Crippen MR) is 246 cm³/mol. The molecule has 5 aromatic carbocycles. The van der Waals surface area contributed by atoms with Gasteiger partial charge >= 0.3 is 12.1 Å². The molecule has 0 bridgehead atoms. The van der Waals surface area contributed by atoms with Crippen molar-refractivity contribution in [1.82, 2.24) is 29.7 Å². The molecular weight excluding hydrogens is 916 g/mol. The molecule has 13 nitrogen and oxygen atoms in total. The maximum atomic E-state index is 15.7. The number of rotatable bonds is 16. The number of hydrogen-bond acceptors (Lipinski definition) is 13. The molecule has 0 saturated carbocycles. The van der Waals surface area contributed by atoms with Gasteiger partial charge in [-0.05, 0) is 66.5 Å². The third kappa shape index (κ3) is 9.65. The highest BCUT2D eigenvalue weighted by atomic mass is 35.5. The lowest BCUT2D eigenvalue weighted by Gasteiger charge is -2.32. The predicted octanol–water partition coefficient (Wildman–Crippen LogP) is 9.63. The van der Waals surface area contributed by atoms with E-state index in [1.54, 1.807) is 55.8 Å². The summed E-state index contributed by atoms with van der Waals surface area (Å²) in [5, 5.41) is 12.3. The first-order chi connectivity index (χ1) is 32.4. The number of carboxylic acid groups (broad SMARTS) is 1. The number of aliphatic carboxylic acids is 1. The lowest BCUT2D eigenvalue weighted by molar-refractivity contribution is -0.153. The standard InChI is InChI=1S/C48H41ClF4N6O7S/c1-58-17-19-59(20-18-58)21-22-63-35-14-12-30-37(41(35)49)38-31(11-13-32(50)42(38)65-25-48(51,52)53)43-39(30)40-45(55-26-56-46(40)67-43)66-36(47(60)61)23-27-7-3-5-9-33(27)64-24-28-15-16-54-44(57-28)29-8-4-6-10-34(29)62-2/h3-16,26,36H,17-25H2,1-2H3,(H,60,61). The molecule has 1 saturated heterocycles. The molecule has 1 aliphatic rings. The van der Waals surface area contributed by atoms with Crippen LogP contribution >= 0.6 is 22.9 Å². The van der Waals surface area contributed by atoms with E-state index in [0.717, 1.165) is 43.6 Å². The molecule has 1 atom stereocenters. The molecule has 19 heteroatoms. The SMILES string of the molecule is COc1ccccc1-c1nccc(COc2ccccc2CC(Oc2ncnc3sc4c5ccc(F)c(OCC(F)(F)F)c5c5c(Cl)c(OCCN6CCN(C)CC6)ccc5c4c23)C(=O)O)n1. The van der Waals surface area contributed by atoms with Crippen LogP contribution in [0.5, 0.6) is 28.9 Å². The summed E-state index contributed by atoms with van der Waals surface area (Å²) in [4.78, 5) is 35.9. The van der Waals surface area contributed by atoms with E-state index in [0.29, 0.717) is 71.8 Å². The minimum Gasteiger partial charge on any atom is -0.496 e. The molecule has 3 aromatic heterocycles. The zero-order chi connectivity index (χ0) is 46.8. The summed E-state index contributed by atoms with van der Waals surface area (Å²) < 4.78 is 86.5. The number of likely N-dealkylation sites (N-methyl/N-ethyl adjacent to an activating group) is 1. The third-order valence-electron chi connectivity index (χ3n) is 11.4. The molecule has 1 fully saturated rings. The van der Waals surface area contributed by atoms with E-state index in [9.17, 15) is 23.1 Å². The highest BCUT2D eigenvalue weighted by Crippen LogP contribution is 2.51. The Morgan fingerprint density at radius 2 is 1.61 bits per heavy atom. The number of methoxy groups -OCH3 is 1. The molecule has 1 unspecified atom stereocenters. The molecule has 1 N–H and O–H groups in total. The minimum absolute atomic E-state index is 0.00116. The lowest BCUT2D eigenvalue weighted by Crippen LogP contribution is -2.45. The van der Waals surface area contributed by atoms with E-state index in [2.05, 4.69) is 36.8 Å². The summed E-state index contributed by atoms with van der Waals surface area (Å²) in [6.07, 6.45) is -3.58. The average molecular weight is 957 g/mol. The van der Waals surface area contributed by atoms with Crippen LogP contribution in [0.1, 0.15) is 11.3 Å². The average Bonchev–Trinajstić information content (AvgIpc) is 3.72. The fourth-order valence-corrected chi connectivity index (χ4v) is 9.62. The van der Waals surface area contributed by atoms with Gasteiger partial charge < -0.3 is 33.7 Å². The number of para-hydroxylation sites is 2. The number of halogens is 5. The Hall–Kier alpha value is -6.60. The van der Waals surface area contributed by atoms with E-state index in [1.807, 2.05) is 24.3 Å². The largest absolute Gasteiger partial charge is 0.496 e. The van der Waals surface area contributed by atoms with Gasteiger partial charge in [-0.3, -0.25) is 4.90 Å². The molecule has 346 valence electrons. The smallest absolute Gasteiger partial charge is 0.422 e. The van der Waals surface area contributed by atoms with Crippen molar-refractivity contribution >= 4 is 70.8 Å². The number of fused-ring (bicyclic) bond motifs is 8. The fourth-order valence-electron chi connectivity index (χ4n) is 8.12. The Bertz CT molecular complexity index is 3130. The zero-order valence-electron chi connectivity index (χ0n) is 36.0. The van der Waals surface area contributed by atoms with Crippen molar-refractivity contribution in [2.75, 3.05) is 60.1 Å². The number of benzene rings is 5. The second-order valence-corrected chi connectivity index (χ2v) is 17.2. The summed E-state index contributed by atoms with van der Waals surface area (Å²) in [5.41, 5.74) is 1.79. The molecular formula is C48H41ClF4N6O7S. The second kappa shape index (κ2) is 19.3. The summed E-state index contributed by atoms with van der Waals surface area (Å²) in [7, 11) is 3.62. The number of carboxylic acids is 1. The van der Waals surface area contributed by atoms with E-state index >= 15 is 4.39 Å². The van der Waals surface area contributed by atoms with Gasteiger partial charge in [0.25, 0.3) is 0 Å². The van der Waals surface area contributed by atoms with Crippen LogP contribution < -0.4 is 23.7 Å². The Morgan fingerprint density at radius 3 is 2.39 bits per heavy atom. The van der Waals surface area contributed by atoms with Crippen molar-refractivity contribution in [3.05, 3.63) is 113 Å². The van der Waals surface area contributed by atoms with E-state index in [-0.39, 0.29) is 47.1 Å². The van der Waals surface area contributed by atoms with Crippen LogP contribution in [0.2, 0.25) is 5.02 Å². The maximum Gasteiger partial charge on any atom is 0.422 e. The Kier molecular flexibility index (Phi) is 13.1. The van der Waals surface area contributed by atoms with Crippen molar-refractivity contribution in [3.63, 3.8) is 0 Å². The molecule has 8 aromatic rings. The second-order valence-electron chi connectivity index (χ2n) is 15.8. The first-order valence-corrected chi connectivity index (χ1v) is 22.3. The molecule has 9 rings (SSSR count). The summed E-state index contributed by atoms with van der Waals surface area (Å²) in [6.45, 7) is 2.64. The van der Waals surface area contributed by atoms with Crippen molar-refractivity contribution < 1.29 is 51.1 Å². The first kappa shape index (κ1) is 45.6. The first-order valence-electron chi connectivity index (χ1n) is 21.1. The minimum atomic E-state index is -4.78. The third-order valence-corrected chi connectivity index (χ3v) is 12.9. The van der Waals surface area contributed by atoms with Crippen LogP contribution in [0.3, 0.4) is 0 Å². The van der Waals surface area contributed by atoms with Crippen LogP contribution in [0.4, 0.5) is 17.6 Å². The lowest BCUT2D eigenvalue weighted by atomic mass is 9.96. The zero-order valence-corrected chi connectivity index (χ0v) is 37.6. The van der Waals surface area contributed by atoms with Crippen molar-refractivity contribution in [2.24, 2.45) is 0 Å². The Morgan fingerprint density at radius 1 is 0.851 bits per heavy atom. The van der Waals surface area contributed by atoms with Crippen molar-refractivity contribution in [1.29, 1.82) is 0 Å². The van der Waals surface area contributed by atoms with Gasteiger partial charge in [-0.15, -0.1) is 11.3 Å². The van der Waals surface area contributed by atoms with Gasteiger partial charge in [0.2, 0.25) is 12.0 Å². The normalized spacial score (nSPS) is 14.2. The molecule has 0 aliphatic carbocycles. The number of hydrogen-bond donors (Lipinski definition) is 1. The van der Waals surface area contributed by atoms with Gasteiger partial charge in [0.1, 0.15) is 41.6 Å².